The first kappa shape index (κ1) is 13.8. The molecule has 0 aliphatic carbocycles. The Morgan fingerprint density at radius 1 is 1.11 bits per heavy atom. The van der Waals surface area contributed by atoms with E-state index in [1.807, 2.05) is 24.3 Å². The number of halogens is 2. The third-order valence-electron chi connectivity index (χ3n) is 2.75. The Hall–Kier alpha value is -1.58. The largest absolute Gasteiger partial charge is 0.380 e. The molecule has 1 N–H and O–H groups in total. The summed E-state index contributed by atoms with van der Waals surface area (Å²) in [7, 11) is 1.67. The Labute approximate surface area is 117 Å². The van der Waals surface area contributed by atoms with Crippen molar-refractivity contribution >= 4 is 17.3 Å². The average Bonchev–Trinajstić information content (AvgIpc) is 2.42. The van der Waals surface area contributed by atoms with Crippen molar-refractivity contribution < 1.29 is 9.13 Å². The summed E-state index contributed by atoms with van der Waals surface area (Å²) in [6.07, 6.45) is 0. The summed E-state index contributed by atoms with van der Waals surface area (Å²) in [6.45, 7) is 1.19. The van der Waals surface area contributed by atoms with Crippen molar-refractivity contribution in [2.24, 2.45) is 0 Å². The van der Waals surface area contributed by atoms with E-state index in [-0.39, 0.29) is 5.82 Å². The molecule has 0 aliphatic rings. The van der Waals surface area contributed by atoms with Crippen molar-refractivity contribution in [3.8, 4) is 0 Å². The van der Waals surface area contributed by atoms with Crippen molar-refractivity contribution in [3.05, 3.63) is 64.4 Å². The lowest BCUT2D eigenvalue weighted by Gasteiger charge is -2.09. The zero-order valence-corrected chi connectivity index (χ0v) is 11.4. The summed E-state index contributed by atoms with van der Waals surface area (Å²) in [6, 6.07) is 12.3. The van der Waals surface area contributed by atoms with E-state index < -0.39 is 0 Å². The molecule has 2 aromatic rings. The maximum absolute atomic E-state index is 13.1. The molecular weight excluding hydrogens is 265 g/mol. The normalized spacial score (nSPS) is 10.5. The van der Waals surface area contributed by atoms with Crippen molar-refractivity contribution in [1.29, 1.82) is 0 Å². The third-order valence-corrected chi connectivity index (χ3v) is 3.07. The maximum atomic E-state index is 13.1. The number of anilines is 1. The molecule has 0 atom stereocenters. The van der Waals surface area contributed by atoms with Crippen LogP contribution in [0.25, 0.3) is 0 Å². The fraction of sp³-hybridized carbons (Fsp3) is 0.200. The van der Waals surface area contributed by atoms with Crippen LogP contribution in [0.3, 0.4) is 0 Å². The van der Waals surface area contributed by atoms with Gasteiger partial charge in [-0.1, -0.05) is 35.9 Å². The van der Waals surface area contributed by atoms with Crippen LogP contribution in [0.4, 0.5) is 10.1 Å². The maximum Gasteiger partial charge on any atom is 0.125 e. The summed E-state index contributed by atoms with van der Waals surface area (Å²) < 4.78 is 18.1. The molecular formula is C15H15ClFNO. The Morgan fingerprint density at radius 3 is 2.47 bits per heavy atom. The predicted octanol–water partition coefficient (Wildman–Crippen LogP) is 4.24. The molecule has 0 unspecified atom stereocenters. The number of ether oxygens (including phenoxy) is 1. The second-order valence-corrected chi connectivity index (χ2v) is 4.63. The molecule has 100 valence electrons. The molecule has 0 radical (unpaired) electrons. The van der Waals surface area contributed by atoms with Gasteiger partial charge in [-0.2, -0.15) is 0 Å². The van der Waals surface area contributed by atoms with Crippen molar-refractivity contribution in [1.82, 2.24) is 0 Å². The van der Waals surface area contributed by atoms with Gasteiger partial charge < -0.3 is 10.1 Å². The lowest BCUT2D eigenvalue weighted by Crippen LogP contribution is -2.00. The topological polar surface area (TPSA) is 21.3 Å². The molecule has 2 nitrogen and oxygen atoms in total. The van der Waals surface area contributed by atoms with E-state index in [9.17, 15) is 4.39 Å². The van der Waals surface area contributed by atoms with Gasteiger partial charge in [0, 0.05) is 13.7 Å². The van der Waals surface area contributed by atoms with E-state index in [1.165, 1.54) is 12.1 Å². The highest BCUT2D eigenvalue weighted by molar-refractivity contribution is 6.33. The average molecular weight is 280 g/mol. The highest BCUT2D eigenvalue weighted by Gasteiger charge is 2.02. The molecule has 4 heteroatoms. The predicted molar refractivity (Wildman–Crippen MR) is 75.9 cm³/mol. The minimum Gasteiger partial charge on any atom is -0.380 e. The minimum absolute atomic E-state index is 0.303. The van der Waals surface area contributed by atoms with E-state index in [0.717, 1.165) is 11.1 Å². The lowest BCUT2D eigenvalue weighted by molar-refractivity contribution is 0.185. The van der Waals surface area contributed by atoms with Gasteiger partial charge in [0.25, 0.3) is 0 Å². The smallest absolute Gasteiger partial charge is 0.125 e. The minimum atomic E-state index is -0.303. The Kier molecular flexibility index (Phi) is 4.77. The van der Waals surface area contributed by atoms with E-state index in [2.05, 4.69) is 5.32 Å². The van der Waals surface area contributed by atoms with Gasteiger partial charge in [0.1, 0.15) is 5.82 Å². The first-order chi connectivity index (χ1) is 9.19. The summed E-state index contributed by atoms with van der Waals surface area (Å²) in [5.74, 6) is -0.303. The third kappa shape index (κ3) is 3.94. The number of rotatable bonds is 5. The molecule has 0 amide bonds. The molecule has 0 aromatic heterocycles. The van der Waals surface area contributed by atoms with Gasteiger partial charge in [-0.15, -0.1) is 0 Å². The Balaban J connectivity index is 2.00. The quantitative estimate of drug-likeness (QED) is 0.884. The summed E-state index contributed by atoms with van der Waals surface area (Å²) >= 11 is 5.98. The van der Waals surface area contributed by atoms with E-state index >= 15 is 0 Å². The van der Waals surface area contributed by atoms with Gasteiger partial charge in [0.05, 0.1) is 17.3 Å². The van der Waals surface area contributed by atoms with Gasteiger partial charge >= 0.3 is 0 Å². The molecule has 0 spiro atoms. The van der Waals surface area contributed by atoms with Gasteiger partial charge in [0.2, 0.25) is 0 Å². The molecule has 0 aliphatic heterocycles. The van der Waals surface area contributed by atoms with E-state index in [0.29, 0.717) is 23.9 Å². The van der Waals surface area contributed by atoms with Gasteiger partial charge in [0.15, 0.2) is 0 Å². The number of hydrogen-bond acceptors (Lipinski definition) is 2. The van der Waals surface area contributed by atoms with Crippen LogP contribution in [-0.4, -0.2) is 7.11 Å². The Bertz CT molecular complexity index is 542. The van der Waals surface area contributed by atoms with Crippen molar-refractivity contribution in [2.45, 2.75) is 13.2 Å². The first-order valence-electron chi connectivity index (χ1n) is 5.94. The van der Waals surface area contributed by atoms with Crippen LogP contribution in [0.2, 0.25) is 5.02 Å². The molecule has 0 saturated carbocycles. The SMILES string of the molecule is COCc1ccc(CNc2cc(F)ccc2Cl)cc1. The number of nitrogens with one attached hydrogen (secondary N) is 1. The molecule has 0 fully saturated rings. The van der Waals surface area contributed by atoms with Crippen LogP contribution in [0.15, 0.2) is 42.5 Å². The van der Waals surface area contributed by atoms with Gasteiger partial charge in [-0.25, -0.2) is 4.39 Å². The lowest BCUT2D eigenvalue weighted by atomic mass is 10.1. The van der Waals surface area contributed by atoms with Crippen LogP contribution < -0.4 is 5.32 Å². The molecule has 0 saturated heterocycles. The van der Waals surface area contributed by atoms with Crippen molar-refractivity contribution in [2.75, 3.05) is 12.4 Å². The van der Waals surface area contributed by atoms with Crippen molar-refractivity contribution in [3.63, 3.8) is 0 Å². The fourth-order valence-corrected chi connectivity index (χ4v) is 1.93. The van der Waals surface area contributed by atoms with Crippen LogP contribution in [-0.2, 0) is 17.9 Å². The molecule has 19 heavy (non-hydrogen) atoms. The fourth-order valence-electron chi connectivity index (χ4n) is 1.75. The highest BCUT2D eigenvalue weighted by atomic mass is 35.5. The number of hydrogen-bond donors (Lipinski definition) is 1. The summed E-state index contributed by atoms with van der Waals surface area (Å²) in [5, 5.41) is 3.63. The Morgan fingerprint density at radius 2 is 1.79 bits per heavy atom. The molecule has 2 aromatic carbocycles. The standard InChI is InChI=1S/C15H15ClFNO/c1-19-10-12-4-2-11(3-5-12)9-18-15-8-13(17)6-7-14(15)16/h2-8,18H,9-10H2,1H3. The van der Waals surface area contributed by atoms with Crippen LogP contribution in [0.1, 0.15) is 11.1 Å². The zero-order valence-electron chi connectivity index (χ0n) is 10.6. The van der Waals surface area contributed by atoms with Crippen LogP contribution in [0, 0.1) is 5.82 Å². The van der Waals surface area contributed by atoms with Crippen LogP contribution >= 0.6 is 11.6 Å². The molecule has 0 bridgehead atoms. The monoisotopic (exact) mass is 279 g/mol. The van der Waals surface area contributed by atoms with E-state index in [4.69, 9.17) is 16.3 Å². The van der Waals surface area contributed by atoms with Gasteiger partial charge in [-0.3, -0.25) is 0 Å². The zero-order chi connectivity index (χ0) is 13.7. The molecule has 2 rings (SSSR count). The number of benzene rings is 2. The molecule has 0 heterocycles. The second-order valence-electron chi connectivity index (χ2n) is 4.23. The first-order valence-corrected chi connectivity index (χ1v) is 6.32. The summed E-state index contributed by atoms with van der Waals surface area (Å²) in [4.78, 5) is 0. The number of methoxy groups -OCH3 is 1. The van der Waals surface area contributed by atoms with Gasteiger partial charge in [-0.05, 0) is 29.3 Å². The highest BCUT2D eigenvalue weighted by Crippen LogP contribution is 2.23. The van der Waals surface area contributed by atoms with E-state index in [1.54, 1.807) is 13.2 Å². The van der Waals surface area contributed by atoms with Crippen LogP contribution in [0.5, 0.6) is 0 Å². The summed E-state index contributed by atoms with van der Waals surface area (Å²) in [5.41, 5.74) is 2.82. The second kappa shape index (κ2) is 6.55.